The summed E-state index contributed by atoms with van der Waals surface area (Å²) in [5.41, 5.74) is -1.22. The van der Waals surface area contributed by atoms with Gasteiger partial charge in [-0.15, -0.1) is 0 Å². The zero-order valence-electron chi connectivity index (χ0n) is 9.12. The number of Topliss-reactive ketones (excluding diaryl/α,β-unsaturated/α-hetero) is 1. The van der Waals surface area contributed by atoms with E-state index in [0.717, 1.165) is 12.8 Å². The number of hydrogen-bond donors (Lipinski definition) is 2. The molecule has 0 aromatic rings. The van der Waals surface area contributed by atoms with Crippen molar-refractivity contribution in [1.29, 1.82) is 0 Å². The molecule has 16 heavy (non-hydrogen) atoms. The second-order valence-electron chi connectivity index (χ2n) is 4.46. The number of allylic oxidation sites excluding steroid dienone is 2. The third kappa shape index (κ3) is 1.50. The molecule has 1 fully saturated rings. The minimum absolute atomic E-state index is 0.155. The molecule has 86 valence electrons. The van der Waals surface area contributed by atoms with Gasteiger partial charge in [0.2, 0.25) is 0 Å². The molecule has 0 aliphatic heterocycles. The van der Waals surface area contributed by atoms with Gasteiger partial charge in [0.1, 0.15) is 5.76 Å². The summed E-state index contributed by atoms with van der Waals surface area (Å²) in [6.45, 7) is 1.21. The first-order valence-electron chi connectivity index (χ1n) is 5.39. The summed E-state index contributed by atoms with van der Waals surface area (Å²) in [6.07, 6.45) is 3.83. The fourth-order valence-corrected chi connectivity index (χ4v) is 2.12. The molecule has 2 aliphatic carbocycles. The molecule has 2 aliphatic rings. The van der Waals surface area contributed by atoms with Crippen molar-refractivity contribution < 1.29 is 19.8 Å². The molecular formula is C12H14O4. The number of hydrogen-bond acceptors (Lipinski definition) is 4. The van der Waals surface area contributed by atoms with Gasteiger partial charge in [-0.1, -0.05) is 0 Å². The van der Waals surface area contributed by atoms with E-state index in [2.05, 4.69) is 0 Å². The van der Waals surface area contributed by atoms with Gasteiger partial charge in [0, 0.05) is 6.42 Å². The van der Waals surface area contributed by atoms with E-state index in [4.69, 9.17) is 0 Å². The highest BCUT2D eigenvalue weighted by Gasteiger charge is 2.42. The molecule has 0 aromatic carbocycles. The number of ketones is 2. The van der Waals surface area contributed by atoms with Crippen molar-refractivity contribution in [2.45, 2.75) is 38.2 Å². The Balaban J connectivity index is 2.58. The maximum Gasteiger partial charge on any atom is 0.194 e. The molecule has 0 spiro atoms. The predicted octanol–water partition coefficient (Wildman–Crippen LogP) is 1.20. The lowest BCUT2D eigenvalue weighted by Gasteiger charge is -2.26. The van der Waals surface area contributed by atoms with Crippen molar-refractivity contribution in [2.75, 3.05) is 0 Å². The van der Waals surface area contributed by atoms with Crippen LogP contribution in [0, 0.1) is 0 Å². The molecule has 1 saturated carbocycles. The minimum Gasteiger partial charge on any atom is -0.508 e. The van der Waals surface area contributed by atoms with E-state index in [1.165, 1.54) is 13.0 Å². The highest BCUT2D eigenvalue weighted by molar-refractivity contribution is 6.09. The number of carbonyl (C=O) groups excluding carboxylic acids is 2. The Labute approximate surface area is 93.3 Å². The van der Waals surface area contributed by atoms with Gasteiger partial charge in [-0.2, -0.15) is 0 Å². The summed E-state index contributed by atoms with van der Waals surface area (Å²) in [7, 11) is 0. The van der Waals surface area contributed by atoms with Crippen molar-refractivity contribution in [3.05, 3.63) is 23.0 Å². The predicted molar refractivity (Wildman–Crippen MR) is 56.8 cm³/mol. The molecule has 4 nitrogen and oxygen atoms in total. The van der Waals surface area contributed by atoms with Gasteiger partial charge >= 0.3 is 0 Å². The Bertz CT molecular complexity index is 426. The lowest BCUT2D eigenvalue weighted by Crippen LogP contribution is -2.40. The zero-order valence-corrected chi connectivity index (χ0v) is 9.12. The van der Waals surface area contributed by atoms with Crippen LogP contribution in [0.15, 0.2) is 23.0 Å². The number of aliphatic hydroxyl groups is 2. The highest BCUT2D eigenvalue weighted by Crippen LogP contribution is 2.35. The smallest absolute Gasteiger partial charge is 0.194 e. The summed E-state index contributed by atoms with van der Waals surface area (Å²) in [5.74, 6) is -1.23. The first-order valence-corrected chi connectivity index (χ1v) is 5.39. The topological polar surface area (TPSA) is 74.6 Å². The monoisotopic (exact) mass is 222 g/mol. The van der Waals surface area contributed by atoms with Crippen LogP contribution < -0.4 is 0 Å². The summed E-state index contributed by atoms with van der Waals surface area (Å²) < 4.78 is 0. The van der Waals surface area contributed by atoms with E-state index in [-0.39, 0.29) is 11.4 Å². The molecule has 1 atom stereocenters. The van der Waals surface area contributed by atoms with Gasteiger partial charge in [-0.05, 0) is 37.8 Å². The lowest BCUT2D eigenvalue weighted by molar-refractivity contribution is -0.130. The van der Waals surface area contributed by atoms with Crippen molar-refractivity contribution in [1.82, 2.24) is 0 Å². The van der Waals surface area contributed by atoms with E-state index in [1.807, 2.05) is 0 Å². The van der Waals surface area contributed by atoms with Crippen LogP contribution in [0.3, 0.4) is 0 Å². The van der Waals surface area contributed by atoms with Crippen LogP contribution in [0.1, 0.15) is 32.6 Å². The van der Waals surface area contributed by atoms with Gasteiger partial charge in [-0.3, -0.25) is 9.59 Å². The quantitative estimate of drug-likeness (QED) is 0.645. The number of fused-ring (bicyclic) bond motifs is 1. The molecule has 4 heteroatoms. The third-order valence-electron chi connectivity index (χ3n) is 3.18. The Kier molecular flexibility index (Phi) is 2.46. The van der Waals surface area contributed by atoms with Gasteiger partial charge in [0.25, 0.3) is 0 Å². The van der Waals surface area contributed by atoms with Crippen LogP contribution in [0.5, 0.6) is 0 Å². The SMILES string of the molecule is CC1(O)C(=O)C=C2CCCCC(=O)C2=C1O. The molecule has 0 amide bonds. The van der Waals surface area contributed by atoms with Gasteiger partial charge in [0.05, 0.1) is 5.57 Å². The average molecular weight is 222 g/mol. The summed E-state index contributed by atoms with van der Waals surface area (Å²) in [4.78, 5) is 23.3. The van der Waals surface area contributed by atoms with E-state index < -0.39 is 17.1 Å². The average Bonchev–Trinajstić information content (AvgIpc) is 2.38. The highest BCUT2D eigenvalue weighted by atomic mass is 16.3. The Morgan fingerprint density at radius 2 is 1.88 bits per heavy atom. The second kappa shape index (κ2) is 3.56. The first kappa shape index (κ1) is 11.1. The maximum atomic E-state index is 11.8. The van der Waals surface area contributed by atoms with Crippen LogP contribution >= 0.6 is 0 Å². The second-order valence-corrected chi connectivity index (χ2v) is 4.46. The molecule has 1 unspecified atom stereocenters. The van der Waals surface area contributed by atoms with Crippen LogP contribution in [0.2, 0.25) is 0 Å². The van der Waals surface area contributed by atoms with E-state index in [0.29, 0.717) is 18.4 Å². The molecule has 0 radical (unpaired) electrons. The molecule has 0 aromatic heterocycles. The van der Waals surface area contributed by atoms with Crippen molar-refractivity contribution >= 4 is 11.6 Å². The van der Waals surface area contributed by atoms with Crippen molar-refractivity contribution in [2.24, 2.45) is 0 Å². The summed E-state index contributed by atoms with van der Waals surface area (Å²) >= 11 is 0. The van der Waals surface area contributed by atoms with E-state index in [1.54, 1.807) is 0 Å². The fourth-order valence-electron chi connectivity index (χ4n) is 2.12. The summed E-state index contributed by atoms with van der Waals surface area (Å²) in [6, 6.07) is 0. The van der Waals surface area contributed by atoms with Crippen LogP contribution in [0.4, 0.5) is 0 Å². The first-order chi connectivity index (χ1) is 7.44. The molecular weight excluding hydrogens is 208 g/mol. The molecule has 0 saturated heterocycles. The van der Waals surface area contributed by atoms with Crippen LogP contribution in [-0.2, 0) is 9.59 Å². The number of carbonyl (C=O) groups is 2. The molecule has 0 heterocycles. The number of rotatable bonds is 0. The van der Waals surface area contributed by atoms with E-state index >= 15 is 0 Å². The van der Waals surface area contributed by atoms with Crippen LogP contribution in [0.25, 0.3) is 0 Å². The maximum absolute atomic E-state index is 11.8. The van der Waals surface area contributed by atoms with E-state index in [9.17, 15) is 19.8 Å². The number of aliphatic hydroxyl groups excluding tert-OH is 1. The lowest BCUT2D eigenvalue weighted by atomic mass is 9.83. The Morgan fingerprint density at radius 3 is 2.56 bits per heavy atom. The van der Waals surface area contributed by atoms with Gasteiger partial charge < -0.3 is 10.2 Å². The molecule has 0 bridgehead atoms. The Hall–Kier alpha value is -1.42. The minimum atomic E-state index is -1.95. The van der Waals surface area contributed by atoms with Crippen LogP contribution in [-0.4, -0.2) is 27.4 Å². The van der Waals surface area contributed by atoms with Gasteiger partial charge in [-0.25, -0.2) is 0 Å². The standard InChI is InChI=1S/C12H14O4/c1-12(16)9(14)6-7-4-2-3-5-8(13)10(7)11(12)15/h6,15-16H,2-5H2,1H3. The molecule has 2 N–H and O–H groups in total. The largest absolute Gasteiger partial charge is 0.508 e. The normalized spacial score (nSPS) is 31.0. The zero-order chi connectivity index (χ0) is 11.9. The Morgan fingerprint density at radius 1 is 1.25 bits per heavy atom. The van der Waals surface area contributed by atoms with Crippen molar-refractivity contribution in [3.8, 4) is 0 Å². The van der Waals surface area contributed by atoms with Gasteiger partial charge in [0.15, 0.2) is 17.2 Å². The third-order valence-corrected chi connectivity index (χ3v) is 3.18. The van der Waals surface area contributed by atoms with Crippen molar-refractivity contribution in [3.63, 3.8) is 0 Å². The molecule has 2 rings (SSSR count). The summed E-state index contributed by atoms with van der Waals surface area (Å²) in [5, 5.41) is 19.7. The fraction of sp³-hybridized carbons (Fsp3) is 0.500.